The fraction of sp³-hybridized carbons (Fsp3) is 0.292. The molecular formula is C24H27N7O6S. The first kappa shape index (κ1) is 26.8. The van der Waals surface area contributed by atoms with E-state index in [-0.39, 0.29) is 23.3 Å². The number of aryl methyl sites for hydroxylation is 1. The number of pyridine rings is 1. The molecule has 38 heavy (non-hydrogen) atoms. The molecule has 4 aromatic rings. The molecule has 1 aromatic carbocycles. The first-order chi connectivity index (χ1) is 18.2. The van der Waals surface area contributed by atoms with Crippen molar-refractivity contribution in [2.75, 3.05) is 26.1 Å². The number of rotatable bonds is 10. The van der Waals surface area contributed by atoms with Crippen molar-refractivity contribution in [3.63, 3.8) is 0 Å². The molecule has 0 saturated heterocycles. The number of benzene rings is 1. The van der Waals surface area contributed by atoms with Gasteiger partial charge in [0, 0.05) is 18.0 Å². The number of ether oxygens (including phenoxy) is 3. The van der Waals surface area contributed by atoms with Gasteiger partial charge in [-0.05, 0) is 37.6 Å². The molecule has 0 aliphatic carbocycles. The summed E-state index contributed by atoms with van der Waals surface area (Å²) < 4.78 is 46.9. The lowest BCUT2D eigenvalue weighted by Crippen LogP contribution is -2.32. The highest BCUT2D eigenvalue weighted by Gasteiger charge is 2.33. The van der Waals surface area contributed by atoms with Crippen LogP contribution in [-0.4, -0.2) is 69.8 Å². The minimum Gasteiger partial charge on any atom is -0.494 e. The second kappa shape index (κ2) is 11.0. The summed E-state index contributed by atoms with van der Waals surface area (Å²) in [6, 6.07) is 6.96. The quantitative estimate of drug-likeness (QED) is 0.303. The van der Waals surface area contributed by atoms with E-state index < -0.39 is 21.4 Å². The van der Waals surface area contributed by atoms with Gasteiger partial charge in [-0.2, -0.15) is 0 Å². The Labute approximate surface area is 219 Å². The maximum Gasteiger partial charge on any atom is 0.243 e. The van der Waals surface area contributed by atoms with Crippen LogP contribution in [0.1, 0.15) is 24.3 Å². The molecular weight excluding hydrogens is 514 g/mol. The number of hydrogen-bond donors (Lipinski definition) is 2. The van der Waals surface area contributed by atoms with Gasteiger partial charge in [-0.3, -0.25) is 19.3 Å². The molecule has 13 nitrogen and oxygen atoms in total. The van der Waals surface area contributed by atoms with Crippen LogP contribution in [0.15, 0.2) is 49.1 Å². The molecule has 2 N–H and O–H groups in total. The number of hydrogen-bond acceptors (Lipinski definition) is 11. The van der Waals surface area contributed by atoms with Crippen molar-refractivity contribution in [2.24, 2.45) is 0 Å². The Morgan fingerprint density at radius 1 is 0.974 bits per heavy atom. The summed E-state index contributed by atoms with van der Waals surface area (Å²) in [6.07, 6.45) is 4.31. The van der Waals surface area contributed by atoms with Crippen LogP contribution in [0.2, 0.25) is 0 Å². The summed E-state index contributed by atoms with van der Waals surface area (Å²) in [7, 11) is 0.141. The average Bonchev–Trinajstić information content (AvgIpc) is 3.33. The van der Waals surface area contributed by atoms with Crippen LogP contribution < -0.4 is 18.9 Å². The average molecular weight is 542 g/mol. The standard InChI is InChI=1S/C24H27N7O6S/c1-14-9-16(11-25-10-14)23-28-29-24(31(23)21-18(35-3)7-6-8-19(21)36-4)30-38(33,34)15(2)22(32)17-12-27-20(37-5)13-26-17/h6-13,15,22,32H,1-5H3,(H,29,30)/t15-,22+/m0/s1. The van der Waals surface area contributed by atoms with E-state index in [1.54, 1.807) is 30.6 Å². The van der Waals surface area contributed by atoms with Crippen molar-refractivity contribution < 1.29 is 27.7 Å². The molecule has 0 amide bonds. The van der Waals surface area contributed by atoms with Crippen LogP contribution >= 0.6 is 0 Å². The molecule has 4 rings (SSSR count). The first-order valence-corrected chi connectivity index (χ1v) is 12.9. The number of para-hydroxylation sites is 1. The molecule has 0 radical (unpaired) electrons. The Kier molecular flexibility index (Phi) is 7.73. The number of sulfonamides is 1. The highest BCUT2D eigenvalue weighted by molar-refractivity contribution is 7.93. The zero-order valence-corrected chi connectivity index (χ0v) is 22.2. The van der Waals surface area contributed by atoms with E-state index in [1.807, 2.05) is 13.0 Å². The monoisotopic (exact) mass is 541 g/mol. The van der Waals surface area contributed by atoms with Gasteiger partial charge < -0.3 is 19.3 Å². The third-order valence-corrected chi connectivity index (χ3v) is 7.45. The SMILES string of the molecule is COc1cnc([C@H](O)[C@H](C)S(=O)(=O)Nc2nnc(-c3cncc(C)c3)n2-c2c(OC)cccc2OC)cn1. The van der Waals surface area contributed by atoms with Gasteiger partial charge in [0.15, 0.2) is 5.82 Å². The van der Waals surface area contributed by atoms with E-state index >= 15 is 0 Å². The van der Waals surface area contributed by atoms with Gasteiger partial charge in [-0.15, -0.1) is 10.2 Å². The number of methoxy groups -OCH3 is 3. The van der Waals surface area contributed by atoms with Gasteiger partial charge in [0.1, 0.15) is 28.5 Å². The zero-order chi connectivity index (χ0) is 27.4. The number of aromatic nitrogens is 6. The van der Waals surface area contributed by atoms with E-state index in [4.69, 9.17) is 14.2 Å². The van der Waals surface area contributed by atoms with Crippen molar-refractivity contribution >= 4 is 16.0 Å². The van der Waals surface area contributed by atoms with Crippen LogP contribution in [0.3, 0.4) is 0 Å². The van der Waals surface area contributed by atoms with Crippen LogP contribution in [0.4, 0.5) is 5.95 Å². The Morgan fingerprint density at radius 2 is 1.68 bits per heavy atom. The fourth-order valence-corrected chi connectivity index (χ4v) is 4.74. The minimum atomic E-state index is -4.24. The molecule has 3 aromatic heterocycles. The van der Waals surface area contributed by atoms with E-state index in [0.29, 0.717) is 22.7 Å². The first-order valence-electron chi connectivity index (χ1n) is 11.3. The van der Waals surface area contributed by atoms with Crippen molar-refractivity contribution in [2.45, 2.75) is 25.2 Å². The van der Waals surface area contributed by atoms with Crippen LogP contribution in [0.25, 0.3) is 17.1 Å². The maximum atomic E-state index is 13.4. The number of nitrogens with one attached hydrogen (secondary N) is 1. The Hall–Kier alpha value is -4.30. The van der Waals surface area contributed by atoms with E-state index in [0.717, 1.165) is 5.56 Å². The molecule has 200 valence electrons. The second-order valence-electron chi connectivity index (χ2n) is 8.23. The van der Waals surface area contributed by atoms with Gasteiger partial charge in [-0.25, -0.2) is 13.4 Å². The van der Waals surface area contributed by atoms with Crippen molar-refractivity contribution in [1.29, 1.82) is 0 Å². The van der Waals surface area contributed by atoms with Gasteiger partial charge in [0.25, 0.3) is 0 Å². The molecule has 0 spiro atoms. The normalized spacial score (nSPS) is 13.0. The number of anilines is 1. The van der Waals surface area contributed by atoms with E-state index in [9.17, 15) is 13.5 Å². The molecule has 0 saturated carbocycles. The van der Waals surface area contributed by atoms with Gasteiger partial charge in [-0.1, -0.05) is 6.07 Å². The lowest BCUT2D eigenvalue weighted by Gasteiger charge is -2.21. The van der Waals surface area contributed by atoms with Crippen molar-refractivity contribution in [3.05, 3.63) is 60.3 Å². The van der Waals surface area contributed by atoms with Crippen molar-refractivity contribution in [3.8, 4) is 34.5 Å². The Morgan fingerprint density at radius 3 is 2.26 bits per heavy atom. The summed E-state index contributed by atoms with van der Waals surface area (Å²) in [5, 5.41) is 17.8. The molecule has 0 aliphatic heterocycles. The molecule has 0 fully saturated rings. The third-order valence-electron chi connectivity index (χ3n) is 5.75. The lowest BCUT2D eigenvalue weighted by atomic mass is 10.2. The summed E-state index contributed by atoms with van der Waals surface area (Å²) in [4.78, 5) is 12.3. The number of aliphatic hydroxyl groups is 1. The summed E-state index contributed by atoms with van der Waals surface area (Å²) in [5.74, 6) is 1.13. The number of aliphatic hydroxyl groups excluding tert-OH is 1. The van der Waals surface area contributed by atoms with E-state index in [2.05, 4.69) is 29.9 Å². The molecule has 0 bridgehead atoms. The predicted octanol–water partition coefficient (Wildman–Crippen LogP) is 2.32. The topological polar surface area (TPSA) is 163 Å². The minimum absolute atomic E-state index is 0.0584. The molecule has 2 atom stereocenters. The summed E-state index contributed by atoms with van der Waals surface area (Å²) in [6.45, 7) is 3.21. The van der Waals surface area contributed by atoms with Gasteiger partial charge >= 0.3 is 0 Å². The van der Waals surface area contributed by atoms with E-state index in [1.165, 1.54) is 45.2 Å². The van der Waals surface area contributed by atoms with Crippen LogP contribution in [-0.2, 0) is 10.0 Å². The zero-order valence-electron chi connectivity index (χ0n) is 21.4. The molecule has 0 aliphatic rings. The highest BCUT2D eigenvalue weighted by Crippen LogP contribution is 2.38. The molecule has 3 heterocycles. The molecule has 14 heteroatoms. The highest BCUT2D eigenvalue weighted by atomic mass is 32.2. The number of nitrogens with zero attached hydrogens (tertiary/aromatic N) is 6. The predicted molar refractivity (Wildman–Crippen MR) is 138 cm³/mol. The van der Waals surface area contributed by atoms with Gasteiger partial charge in [0.05, 0.1) is 39.4 Å². The Balaban J connectivity index is 1.81. The lowest BCUT2D eigenvalue weighted by molar-refractivity contribution is 0.170. The largest absolute Gasteiger partial charge is 0.494 e. The fourth-order valence-electron chi connectivity index (χ4n) is 3.69. The summed E-state index contributed by atoms with van der Waals surface area (Å²) in [5.41, 5.74) is 1.87. The Bertz CT molecular complexity index is 1500. The van der Waals surface area contributed by atoms with Crippen LogP contribution in [0.5, 0.6) is 17.4 Å². The van der Waals surface area contributed by atoms with Crippen LogP contribution in [0, 0.1) is 6.92 Å². The maximum absolute atomic E-state index is 13.4. The summed E-state index contributed by atoms with van der Waals surface area (Å²) >= 11 is 0. The second-order valence-corrected chi connectivity index (χ2v) is 10.3. The molecule has 0 unspecified atom stereocenters. The third kappa shape index (κ3) is 5.21. The smallest absolute Gasteiger partial charge is 0.243 e. The van der Waals surface area contributed by atoms with Gasteiger partial charge in [0.2, 0.25) is 21.9 Å². The van der Waals surface area contributed by atoms with Crippen molar-refractivity contribution in [1.82, 2.24) is 29.7 Å².